The van der Waals surface area contributed by atoms with Crippen LogP contribution in [-0.4, -0.2) is 79.0 Å². The first-order valence-electron chi connectivity index (χ1n) is 8.23. The molecule has 0 spiro atoms. The molecule has 0 aliphatic carbocycles. The number of morpholine rings is 1. The Labute approximate surface area is 140 Å². The van der Waals surface area contributed by atoms with E-state index in [1.807, 2.05) is 4.90 Å². The number of carbonyl (C=O) groups excluding carboxylic acids is 1. The number of aliphatic hydroxyl groups is 1. The minimum absolute atomic E-state index is 0.0713. The summed E-state index contributed by atoms with van der Waals surface area (Å²) in [6.45, 7) is 3.90. The Hall–Kier alpha value is -1.70. The third kappa shape index (κ3) is 4.43. The molecule has 6 nitrogen and oxygen atoms in total. The number of benzene rings is 1. The summed E-state index contributed by atoms with van der Waals surface area (Å²) in [5, 5.41) is 10.6. The van der Waals surface area contributed by atoms with Crippen molar-refractivity contribution >= 4 is 5.91 Å². The van der Waals surface area contributed by atoms with Gasteiger partial charge in [-0.15, -0.1) is 0 Å². The summed E-state index contributed by atoms with van der Waals surface area (Å²) in [6.07, 6.45) is 0.546. The summed E-state index contributed by atoms with van der Waals surface area (Å²) >= 11 is 0. The van der Waals surface area contributed by atoms with Crippen LogP contribution in [-0.2, 0) is 9.53 Å². The molecular weight excluding hydrogens is 315 g/mol. The lowest BCUT2D eigenvalue weighted by Gasteiger charge is -2.29. The molecule has 2 saturated heterocycles. The van der Waals surface area contributed by atoms with Gasteiger partial charge in [0.05, 0.1) is 19.8 Å². The lowest BCUT2D eigenvalue weighted by molar-refractivity contribution is -0.136. The van der Waals surface area contributed by atoms with Gasteiger partial charge in [0.15, 0.2) is 0 Å². The fraction of sp³-hybridized carbons (Fsp3) is 0.588. The van der Waals surface area contributed by atoms with Crippen molar-refractivity contribution in [2.45, 2.75) is 12.0 Å². The first kappa shape index (κ1) is 17.1. The molecule has 0 aromatic heterocycles. The molecule has 0 unspecified atom stereocenters. The van der Waals surface area contributed by atoms with E-state index >= 15 is 0 Å². The highest BCUT2D eigenvalue weighted by atomic mass is 19.1. The normalized spacial score (nSPS) is 25.0. The topological polar surface area (TPSA) is 62.2 Å². The van der Waals surface area contributed by atoms with E-state index in [0.29, 0.717) is 58.1 Å². The lowest BCUT2D eigenvalue weighted by Crippen LogP contribution is -2.46. The van der Waals surface area contributed by atoms with E-state index in [0.717, 1.165) is 0 Å². The number of likely N-dealkylation sites (tertiary alicyclic amines) is 1. The van der Waals surface area contributed by atoms with Gasteiger partial charge in [-0.25, -0.2) is 4.39 Å². The summed E-state index contributed by atoms with van der Waals surface area (Å²) in [4.78, 5) is 16.0. The zero-order valence-corrected chi connectivity index (χ0v) is 13.6. The Morgan fingerprint density at radius 3 is 2.67 bits per heavy atom. The van der Waals surface area contributed by atoms with Crippen LogP contribution in [0, 0.1) is 5.82 Å². The minimum atomic E-state index is -0.986. The average Bonchev–Trinajstić information content (AvgIpc) is 2.96. The van der Waals surface area contributed by atoms with Crippen molar-refractivity contribution in [3.8, 4) is 5.75 Å². The van der Waals surface area contributed by atoms with Gasteiger partial charge in [0.2, 0.25) is 5.91 Å². The molecule has 2 aliphatic heterocycles. The zero-order chi connectivity index (χ0) is 17.0. The highest BCUT2D eigenvalue weighted by Gasteiger charge is 2.38. The maximum absolute atomic E-state index is 12.9. The number of halogens is 1. The van der Waals surface area contributed by atoms with Crippen LogP contribution in [0.4, 0.5) is 4.39 Å². The molecule has 1 aromatic carbocycles. The molecule has 0 radical (unpaired) electrons. The highest BCUT2D eigenvalue weighted by molar-refractivity contribution is 5.78. The third-order valence-electron chi connectivity index (χ3n) is 4.46. The molecular formula is C17H23FN2O4. The number of hydrogen-bond acceptors (Lipinski definition) is 5. The fourth-order valence-corrected chi connectivity index (χ4v) is 3.05. The number of β-amino-alcohol motifs (C(OH)–C–C–N with tert-alkyl or cyclic N) is 1. The molecule has 1 amide bonds. The van der Waals surface area contributed by atoms with Crippen LogP contribution in [0.15, 0.2) is 24.3 Å². The third-order valence-corrected chi connectivity index (χ3v) is 4.46. The molecule has 1 aromatic rings. The molecule has 3 rings (SSSR count). The van der Waals surface area contributed by atoms with Crippen molar-refractivity contribution in [1.82, 2.24) is 9.80 Å². The first-order chi connectivity index (χ1) is 11.5. The van der Waals surface area contributed by atoms with Gasteiger partial charge >= 0.3 is 0 Å². The molecule has 132 valence electrons. The van der Waals surface area contributed by atoms with Crippen LogP contribution in [0.1, 0.15) is 6.42 Å². The Morgan fingerprint density at radius 2 is 1.96 bits per heavy atom. The molecule has 7 heteroatoms. The smallest absolute Gasteiger partial charge is 0.236 e. The zero-order valence-electron chi connectivity index (χ0n) is 13.6. The van der Waals surface area contributed by atoms with E-state index in [9.17, 15) is 14.3 Å². The van der Waals surface area contributed by atoms with Crippen molar-refractivity contribution < 1.29 is 23.8 Å². The molecule has 24 heavy (non-hydrogen) atoms. The van der Waals surface area contributed by atoms with E-state index in [4.69, 9.17) is 9.47 Å². The van der Waals surface area contributed by atoms with E-state index in [2.05, 4.69) is 0 Å². The highest BCUT2D eigenvalue weighted by Crippen LogP contribution is 2.23. The second kappa shape index (κ2) is 7.46. The van der Waals surface area contributed by atoms with Gasteiger partial charge in [-0.05, 0) is 30.7 Å². The number of rotatable bonds is 5. The minimum Gasteiger partial charge on any atom is -0.491 e. The molecule has 1 atom stereocenters. The number of nitrogens with zero attached hydrogens (tertiary/aromatic N) is 2. The SMILES string of the molecule is O=C(CN1CC[C@@](O)(COc2ccc(F)cc2)C1)N1CCOCC1. The van der Waals surface area contributed by atoms with Gasteiger partial charge in [-0.3, -0.25) is 9.69 Å². The first-order valence-corrected chi connectivity index (χ1v) is 8.23. The Morgan fingerprint density at radius 1 is 1.25 bits per heavy atom. The summed E-state index contributed by atoms with van der Waals surface area (Å²) < 4.78 is 23.7. The summed E-state index contributed by atoms with van der Waals surface area (Å²) in [6, 6.07) is 5.71. The van der Waals surface area contributed by atoms with Gasteiger partial charge in [0, 0.05) is 26.2 Å². The van der Waals surface area contributed by atoms with Crippen LogP contribution >= 0.6 is 0 Å². The molecule has 2 fully saturated rings. The predicted molar refractivity (Wildman–Crippen MR) is 85.3 cm³/mol. The van der Waals surface area contributed by atoms with E-state index in [-0.39, 0.29) is 18.3 Å². The van der Waals surface area contributed by atoms with Crippen molar-refractivity contribution in [2.24, 2.45) is 0 Å². The molecule has 1 N–H and O–H groups in total. The second-order valence-corrected chi connectivity index (χ2v) is 6.42. The van der Waals surface area contributed by atoms with Crippen molar-refractivity contribution in [2.75, 3.05) is 52.5 Å². The summed E-state index contributed by atoms with van der Waals surface area (Å²) in [5.74, 6) is 0.268. The second-order valence-electron chi connectivity index (χ2n) is 6.42. The maximum atomic E-state index is 12.9. The summed E-state index contributed by atoms with van der Waals surface area (Å²) in [5.41, 5.74) is -0.986. The van der Waals surface area contributed by atoms with Crippen LogP contribution in [0.3, 0.4) is 0 Å². The summed E-state index contributed by atoms with van der Waals surface area (Å²) in [7, 11) is 0. The average molecular weight is 338 g/mol. The van der Waals surface area contributed by atoms with Gasteiger partial charge < -0.3 is 19.5 Å². The quantitative estimate of drug-likeness (QED) is 0.847. The van der Waals surface area contributed by atoms with Crippen molar-refractivity contribution in [3.63, 3.8) is 0 Å². The van der Waals surface area contributed by atoms with Gasteiger partial charge in [-0.1, -0.05) is 0 Å². The van der Waals surface area contributed by atoms with Gasteiger partial charge in [-0.2, -0.15) is 0 Å². The van der Waals surface area contributed by atoms with Crippen LogP contribution < -0.4 is 4.74 Å². The number of hydrogen-bond donors (Lipinski definition) is 1. The standard InChI is InChI=1S/C17H23FN2O4/c18-14-1-3-15(4-2-14)24-13-17(22)5-6-19(12-17)11-16(21)20-7-9-23-10-8-20/h1-4,22H,5-13H2/t17-/m0/s1. The van der Waals surface area contributed by atoms with Crippen LogP contribution in [0.5, 0.6) is 5.75 Å². The van der Waals surface area contributed by atoms with E-state index < -0.39 is 5.60 Å². The Balaban J connectivity index is 1.46. The van der Waals surface area contributed by atoms with Crippen LogP contribution in [0.25, 0.3) is 0 Å². The van der Waals surface area contributed by atoms with Gasteiger partial charge in [0.25, 0.3) is 0 Å². The fourth-order valence-electron chi connectivity index (χ4n) is 3.05. The molecule has 0 bridgehead atoms. The molecule has 2 heterocycles. The van der Waals surface area contributed by atoms with E-state index in [1.54, 1.807) is 4.90 Å². The number of amides is 1. The Kier molecular flexibility index (Phi) is 5.33. The predicted octanol–water partition coefficient (Wildman–Crippen LogP) is 0.500. The van der Waals surface area contributed by atoms with Crippen molar-refractivity contribution in [3.05, 3.63) is 30.1 Å². The monoisotopic (exact) mass is 338 g/mol. The van der Waals surface area contributed by atoms with Crippen LogP contribution in [0.2, 0.25) is 0 Å². The molecule has 0 saturated carbocycles. The maximum Gasteiger partial charge on any atom is 0.236 e. The largest absolute Gasteiger partial charge is 0.491 e. The number of ether oxygens (including phenoxy) is 2. The van der Waals surface area contributed by atoms with Crippen molar-refractivity contribution in [1.29, 1.82) is 0 Å². The lowest BCUT2D eigenvalue weighted by atomic mass is 10.1. The number of carbonyl (C=O) groups is 1. The van der Waals surface area contributed by atoms with Gasteiger partial charge in [0.1, 0.15) is 23.8 Å². The molecule has 2 aliphatic rings. The Bertz CT molecular complexity index is 562. The van der Waals surface area contributed by atoms with E-state index in [1.165, 1.54) is 24.3 Å².